The van der Waals surface area contributed by atoms with Crippen molar-refractivity contribution in [2.45, 2.75) is 56.0 Å². The molecule has 1 aliphatic carbocycles. The fourth-order valence-electron chi connectivity index (χ4n) is 4.22. The van der Waals surface area contributed by atoms with Crippen LogP contribution in [-0.2, 0) is 9.53 Å². The Hall–Kier alpha value is -1.79. The number of nitrogens with zero attached hydrogens (tertiary/aromatic N) is 3. The fourth-order valence-corrected chi connectivity index (χ4v) is 5.56. The molecule has 0 bridgehead atoms. The zero-order valence-corrected chi connectivity index (χ0v) is 17.6. The van der Waals surface area contributed by atoms with Crippen molar-refractivity contribution < 1.29 is 9.53 Å². The summed E-state index contributed by atoms with van der Waals surface area (Å²) in [6.07, 6.45) is 4.97. The van der Waals surface area contributed by atoms with Crippen molar-refractivity contribution in [3.8, 4) is 0 Å². The second-order valence-corrected chi connectivity index (χ2v) is 8.79. The quantitative estimate of drug-likeness (QED) is 0.703. The summed E-state index contributed by atoms with van der Waals surface area (Å²) in [4.78, 5) is 20.3. The van der Waals surface area contributed by atoms with E-state index in [0.717, 1.165) is 16.4 Å². The Morgan fingerprint density at radius 3 is 2.50 bits per heavy atom. The Morgan fingerprint density at radius 2 is 1.82 bits per heavy atom. The molecule has 2 fully saturated rings. The highest BCUT2D eigenvalue weighted by molar-refractivity contribution is 8.00. The van der Waals surface area contributed by atoms with Gasteiger partial charge in [-0.1, -0.05) is 54.9 Å². The van der Waals surface area contributed by atoms with Crippen LogP contribution >= 0.6 is 11.8 Å². The molecule has 5 nitrogen and oxygen atoms in total. The minimum absolute atomic E-state index is 0.163. The minimum Gasteiger partial charge on any atom is -0.378 e. The van der Waals surface area contributed by atoms with E-state index in [-0.39, 0.29) is 11.2 Å². The number of aryl methyl sites for hydroxylation is 1. The van der Waals surface area contributed by atoms with Crippen LogP contribution in [-0.4, -0.2) is 46.7 Å². The number of hydrogen-bond donors (Lipinski definition) is 0. The Morgan fingerprint density at radius 1 is 1.14 bits per heavy atom. The van der Waals surface area contributed by atoms with Crippen molar-refractivity contribution in [2.75, 3.05) is 26.3 Å². The van der Waals surface area contributed by atoms with Gasteiger partial charge < -0.3 is 14.2 Å². The number of aromatic nitrogens is 2. The van der Waals surface area contributed by atoms with Gasteiger partial charge in [-0.2, -0.15) is 0 Å². The average Bonchev–Trinajstić information content (AvgIpc) is 3.35. The third-order valence-electron chi connectivity index (χ3n) is 5.92. The molecule has 4 rings (SSSR count). The van der Waals surface area contributed by atoms with Crippen LogP contribution in [0.2, 0.25) is 0 Å². The molecule has 2 heterocycles. The zero-order chi connectivity index (χ0) is 19.5. The van der Waals surface area contributed by atoms with Crippen LogP contribution in [0, 0.1) is 13.8 Å². The van der Waals surface area contributed by atoms with E-state index in [1.807, 2.05) is 23.1 Å². The van der Waals surface area contributed by atoms with E-state index >= 15 is 0 Å². The van der Waals surface area contributed by atoms with Crippen LogP contribution in [0.4, 0.5) is 0 Å². The SMILES string of the molecule is Cc1nc(SC(C(=O)N2CCOCC2)c2ccccc2)n(C2CCCC2)c1C. The van der Waals surface area contributed by atoms with Crippen molar-refractivity contribution in [3.63, 3.8) is 0 Å². The molecular formula is C22H29N3O2S. The second kappa shape index (κ2) is 8.70. The summed E-state index contributed by atoms with van der Waals surface area (Å²) in [5, 5.41) is 0.706. The number of imidazole rings is 1. The molecule has 1 saturated carbocycles. The van der Waals surface area contributed by atoms with Crippen LogP contribution in [0.1, 0.15) is 53.9 Å². The minimum atomic E-state index is -0.277. The summed E-state index contributed by atoms with van der Waals surface area (Å²) in [5.41, 5.74) is 3.35. The molecule has 1 aromatic heterocycles. The smallest absolute Gasteiger partial charge is 0.240 e. The lowest BCUT2D eigenvalue weighted by Gasteiger charge is -2.30. The first kappa shape index (κ1) is 19.5. The summed E-state index contributed by atoms with van der Waals surface area (Å²) in [5.74, 6) is 0.163. The second-order valence-electron chi connectivity index (χ2n) is 7.72. The lowest BCUT2D eigenvalue weighted by molar-refractivity contribution is -0.134. The van der Waals surface area contributed by atoms with Gasteiger partial charge in [-0.15, -0.1) is 0 Å². The molecule has 1 aliphatic heterocycles. The average molecular weight is 400 g/mol. The maximum absolute atomic E-state index is 13.4. The molecule has 0 radical (unpaired) electrons. The molecule has 150 valence electrons. The molecule has 6 heteroatoms. The van der Waals surface area contributed by atoms with Crippen molar-refractivity contribution in [1.29, 1.82) is 0 Å². The predicted octanol–water partition coefficient (Wildman–Crippen LogP) is 4.31. The van der Waals surface area contributed by atoms with Gasteiger partial charge in [0.2, 0.25) is 5.91 Å². The van der Waals surface area contributed by atoms with Crippen molar-refractivity contribution in [3.05, 3.63) is 47.3 Å². The van der Waals surface area contributed by atoms with E-state index < -0.39 is 0 Å². The summed E-state index contributed by atoms with van der Waals surface area (Å²) in [7, 11) is 0. The normalized spacial score (nSPS) is 19.1. The maximum Gasteiger partial charge on any atom is 0.240 e. The molecule has 1 amide bonds. The topological polar surface area (TPSA) is 47.4 Å². The first-order valence-electron chi connectivity index (χ1n) is 10.3. The summed E-state index contributed by atoms with van der Waals surface area (Å²) in [6, 6.07) is 10.6. The Labute approximate surface area is 171 Å². The number of carbonyl (C=O) groups is 1. The molecule has 28 heavy (non-hydrogen) atoms. The lowest BCUT2D eigenvalue weighted by Crippen LogP contribution is -2.42. The number of benzene rings is 1. The summed E-state index contributed by atoms with van der Waals surface area (Å²) in [6.45, 7) is 6.80. The van der Waals surface area contributed by atoms with Gasteiger partial charge in [0, 0.05) is 24.8 Å². The van der Waals surface area contributed by atoms with Crippen molar-refractivity contribution in [2.24, 2.45) is 0 Å². The van der Waals surface area contributed by atoms with E-state index in [4.69, 9.17) is 9.72 Å². The molecule has 2 aromatic rings. The molecular weight excluding hydrogens is 370 g/mol. The third-order valence-corrected chi connectivity index (χ3v) is 7.13. The van der Waals surface area contributed by atoms with Crippen molar-refractivity contribution >= 4 is 17.7 Å². The van der Waals surface area contributed by atoms with E-state index in [1.54, 1.807) is 11.8 Å². The first-order chi connectivity index (χ1) is 13.6. The molecule has 1 atom stereocenters. The van der Waals surface area contributed by atoms with Gasteiger partial charge in [-0.3, -0.25) is 4.79 Å². The molecule has 2 aliphatic rings. The fraction of sp³-hybridized carbons (Fsp3) is 0.545. The van der Waals surface area contributed by atoms with Gasteiger partial charge in [-0.25, -0.2) is 4.98 Å². The summed E-state index contributed by atoms with van der Waals surface area (Å²) >= 11 is 1.61. The third kappa shape index (κ3) is 3.98. The Balaban J connectivity index is 1.66. The van der Waals surface area contributed by atoms with Crippen LogP contribution < -0.4 is 0 Å². The molecule has 0 spiro atoms. The molecule has 1 unspecified atom stereocenters. The monoisotopic (exact) mass is 399 g/mol. The van der Waals surface area contributed by atoms with Crippen LogP contribution in [0.25, 0.3) is 0 Å². The lowest BCUT2D eigenvalue weighted by atomic mass is 10.1. The molecule has 1 aromatic carbocycles. The Kier molecular flexibility index (Phi) is 6.07. The van der Waals surface area contributed by atoms with Crippen LogP contribution in [0.3, 0.4) is 0 Å². The Bertz CT molecular complexity index is 809. The highest BCUT2D eigenvalue weighted by Gasteiger charge is 2.31. The van der Waals surface area contributed by atoms with Crippen LogP contribution in [0.15, 0.2) is 35.5 Å². The number of morpholine rings is 1. The number of rotatable bonds is 5. The first-order valence-corrected chi connectivity index (χ1v) is 11.2. The highest BCUT2D eigenvalue weighted by Crippen LogP contribution is 2.41. The van der Waals surface area contributed by atoms with E-state index in [1.165, 1.54) is 31.4 Å². The van der Waals surface area contributed by atoms with E-state index in [0.29, 0.717) is 32.3 Å². The summed E-state index contributed by atoms with van der Waals surface area (Å²) < 4.78 is 7.84. The van der Waals surface area contributed by atoms with Crippen molar-refractivity contribution in [1.82, 2.24) is 14.5 Å². The van der Waals surface area contributed by atoms with Gasteiger partial charge in [0.05, 0.1) is 18.9 Å². The van der Waals surface area contributed by atoms with Crippen LogP contribution in [0.5, 0.6) is 0 Å². The zero-order valence-electron chi connectivity index (χ0n) is 16.8. The number of hydrogen-bond acceptors (Lipinski definition) is 4. The van der Waals surface area contributed by atoms with Gasteiger partial charge in [0.15, 0.2) is 5.16 Å². The number of amides is 1. The molecule has 0 N–H and O–H groups in total. The number of ether oxygens (including phenoxy) is 1. The predicted molar refractivity (Wildman–Crippen MR) is 112 cm³/mol. The van der Waals surface area contributed by atoms with E-state index in [9.17, 15) is 4.79 Å². The van der Waals surface area contributed by atoms with Gasteiger partial charge in [-0.05, 0) is 32.3 Å². The van der Waals surface area contributed by atoms with Gasteiger partial charge in [0.25, 0.3) is 0 Å². The standard InChI is InChI=1S/C22H29N3O2S/c1-16-17(2)25(19-10-6-7-11-19)22(23-16)28-20(18-8-4-3-5-9-18)21(26)24-12-14-27-15-13-24/h3-5,8-9,19-20H,6-7,10-15H2,1-2H3. The highest BCUT2D eigenvalue weighted by atomic mass is 32.2. The molecule has 1 saturated heterocycles. The largest absolute Gasteiger partial charge is 0.378 e. The number of thioether (sulfide) groups is 1. The van der Waals surface area contributed by atoms with Gasteiger partial charge in [0.1, 0.15) is 5.25 Å². The maximum atomic E-state index is 13.4. The van der Waals surface area contributed by atoms with E-state index in [2.05, 4.69) is 30.5 Å². The number of carbonyl (C=O) groups excluding carboxylic acids is 1. The van der Waals surface area contributed by atoms with Gasteiger partial charge >= 0.3 is 0 Å².